The van der Waals surface area contributed by atoms with Gasteiger partial charge < -0.3 is 0 Å². The number of hydrogen-bond donors (Lipinski definition) is 3. The van der Waals surface area contributed by atoms with Crippen LogP contribution in [0.2, 0.25) is 0 Å². The minimum absolute atomic E-state index is 0.0146. The molecule has 0 radical (unpaired) electrons. The Labute approximate surface area is 168 Å². The molecule has 0 aliphatic carbocycles. The number of thiocarbonyl (C=S) groups is 1. The minimum atomic E-state index is -0.355. The van der Waals surface area contributed by atoms with Crippen LogP contribution in [0.15, 0.2) is 78.9 Å². The lowest BCUT2D eigenvalue weighted by molar-refractivity contribution is 0.0934. The first-order chi connectivity index (χ1) is 13.5. The van der Waals surface area contributed by atoms with Gasteiger partial charge >= 0.3 is 0 Å². The van der Waals surface area contributed by atoms with Crippen LogP contribution < -0.4 is 16.2 Å². The Hall–Kier alpha value is -3.51. The van der Waals surface area contributed by atoms with Crippen molar-refractivity contribution < 1.29 is 9.59 Å². The Bertz CT molecular complexity index is 1000. The number of rotatable bonds is 3. The molecule has 140 valence electrons. The molecule has 0 unspecified atom stereocenters. The predicted octanol–water partition coefficient (Wildman–Crippen LogP) is 3.61. The van der Waals surface area contributed by atoms with E-state index in [9.17, 15) is 9.59 Å². The normalized spacial score (nSPS) is 10.0. The second kappa shape index (κ2) is 8.92. The van der Waals surface area contributed by atoms with Gasteiger partial charge in [0.25, 0.3) is 11.8 Å². The molecule has 2 amide bonds. The van der Waals surface area contributed by atoms with Crippen molar-refractivity contribution >= 4 is 29.1 Å². The van der Waals surface area contributed by atoms with E-state index in [-0.39, 0.29) is 16.9 Å². The van der Waals surface area contributed by atoms with Gasteiger partial charge in [-0.1, -0.05) is 60.2 Å². The second-order valence-electron chi connectivity index (χ2n) is 6.18. The van der Waals surface area contributed by atoms with Crippen molar-refractivity contribution in [1.82, 2.24) is 16.2 Å². The van der Waals surface area contributed by atoms with Gasteiger partial charge in [-0.05, 0) is 54.5 Å². The molecule has 0 heterocycles. The smallest absolute Gasteiger partial charge is 0.269 e. The lowest BCUT2D eigenvalue weighted by Gasteiger charge is -2.11. The molecule has 6 heteroatoms. The quantitative estimate of drug-likeness (QED) is 0.473. The average Bonchev–Trinajstić information content (AvgIpc) is 2.73. The van der Waals surface area contributed by atoms with E-state index in [4.69, 9.17) is 12.2 Å². The molecular weight excluding hydrogens is 370 g/mol. The largest absolute Gasteiger partial charge is 0.298 e. The van der Waals surface area contributed by atoms with E-state index in [0.717, 1.165) is 16.7 Å². The molecule has 0 saturated carbocycles. The monoisotopic (exact) mass is 389 g/mol. The van der Waals surface area contributed by atoms with Gasteiger partial charge in [0.1, 0.15) is 0 Å². The van der Waals surface area contributed by atoms with Crippen LogP contribution in [0.4, 0.5) is 0 Å². The molecular formula is C22H19N3O2S. The number of benzene rings is 3. The summed E-state index contributed by atoms with van der Waals surface area (Å²) >= 11 is 5.06. The first-order valence-corrected chi connectivity index (χ1v) is 9.07. The highest BCUT2D eigenvalue weighted by molar-refractivity contribution is 7.80. The van der Waals surface area contributed by atoms with E-state index in [1.807, 2.05) is 55.5 Å². The maximum atomic E-state index is 12.3. The highest BCUT2D eigenvalue weighted by Crippen LogP contribution is 2.19. The average molecular weight is 389 g/mol. The third-order valence-corrected chi connectivity index (χ3v) is 4.26. The zero-order valence-electron chi connectivity index (χ0n) is 15.2. The van der Waals surface area contributed by atoms with Crippen molar-refractivity contribution in [2.45, 2.75) is 6.92 Å². The number of carbonyl (C=O) groups excluding carboxylic acids is 2. The molecule has 0 fully saturated rings. The van der Waals surface area contributed by atoms with Crippen LogP contribution in [-0.4, -0.2) is 16.9 Å². The molecule has 3 aromatic rings. The fourth-order valence-electron chi connectivity index (χ4n) is 2.62. The zero-order chi connectivity index (χ0) is 19.9. The number of nitrogens with one attached hydrogen (secondary N) is 3. The first kappa shape index (κ1) is 19.3. The Balaban J connectivity index is 1.53. The van der Waals surface area contributed by atoms with Crippen molar-refractivity contribution in [3.05, 3.63) is 95.6 Å². The molecule has 28 heavy (non-hydrogen) atoms. The number of carbonyl (C=O) groups is 2. The molecule has 5 nitrogen and oxygen atoms in total. The van der Waals surface area contributed by atoms with Crippen molar-refractivity contribution in [1.29, 1.82) is 0 Å². The number of amides is 2. The van der Waals surface area contributed by atoms with Crippen LogP contribution in [0.5, 0.6) is 0 Å². The Morgan fingerprint density at radius 1 is 0.714 bits per heavy atom. The van der Waals surface area contributed by atoms with Crippen LogP contribution >= 0.6 is 12.2 Å². The molecule has 3 aromatic carbocycles. The summed E-state index contributed by atoms with van der Waals surface area (Å²) in [5.41, 5.74) is 9.06. The van der Waals surface area contributed by atoms with Crippen molar-refractivity contribution in [2.75, 3.05) is 0 Å². The lowest BCUT2D eigenvalue weighted by atomic mass is 10.0. The van der Waals surface area contributed by atoms with Crippen LogP contribution in [0, 0.1) is 6.92 Å². The van der Waals surface area contributed by atoms with E-state index < -0.39 is 0 Å². The molecule has 0 aromatic heterocycles. The van der Waals surface area contributed by atoms with E-state index in [2.05, 4.69) is 16.2 Å². The summed E-state index contributed by atoms with van der Waals surface area (Å²) in [6.45, 7) is 1.90. The van der Waals surface area contributed by atoms with E-state index in [0.29, 0.717) is 11.1 Å². The lowest BCUT2D eigenvalue weighted by Crippen LogP contribution is -2.48. The van der Waals surface area contributed by atoms with Crippen LogP contribution in [0.25, 0.3) is 11.1 Å². The van der Waals surface area contributed by atoms with Gasteiger partial charge in [0, 0.05) is 11.1 Å². The summed E-state index contributed by atoms with van der Waals surface area (Å²) < 4.78 is 0. The highest BCUT2D eigenvalue weighted by atomic mass is 32.1. The van der Waals surface area contributed by atoms with Crippen molar-refractivity contribution in [2.24, 2.45) is 0 Å². The van der Waals surface area contributed by atoms with Gasteiger partial charge in [0.15, 0.2) is 5.11 Å². The summed E-state index contributed by atoms with van der Waals surface area (Å²) in [5.74, 6) is -0.700. The van der Waals surface area contributed by atoms with Gasteiger partial charge in [0.05, 0.1) is 0 Å². The van der Waals surface area contributed by atoms with E-state index in [1.54, 1.807) is 30.3 Å². The molecule has 0 aliphatic heterocycles. The van der Waals surface area contributed by atoms with E-state index >= 15 is 0 Å². The van der Waals surface area contributed by atoms with Crippen molar-refractivity contribution in [3.8, 4) is 11.1 Å². The predicted molar refractivity (Wildman–Crippen MR) is 114 cm³/mol. The SMILES string of the molecule is Cc1cccc(C(=O)NC(=S)NNC(=O)c2ccc(-c3ccccc3)cc2)c1. The highest BCUT2D eigenvalue weighted by Gasteiger charge is 2.10. The molecule has 0 spiro atoms. The molecule has 3 N–H and O–H groups in total. The zero-order valence-corrected chi connectivity index (χ0v) is 16.0. The standard InChI is InChI=1S/C22H19N3O2S/c1-15-6-5-9-19(14-15)20(26)23-22(28)25-24-21(27)18-12-10-17(11-13-18)16-7-3-2-4-8-16/h2-14H,1H3,(H,24,27)(H2,23,25,26,28). The van der Waals surface area contributed by atoms with Crippen molar-refractivity contribution in [3.63, 3.8) is 0 Å². The number of hydrogen-bond acceptors (Lipinski definition) is 3. The number of hydrazine groups is 1. The van der Waals surface area contributed by atoms with Gasteiger partial charge in [0.2, 0.25) is 0 Å². The maximum Gasteiger partial charge on any atom is 0.269 e. The summed E-state index contributed by atoms with van der Waals surface area (Å²) in [6, 6.07) is 24.2. The Morgan fingerprint density at radius 3 is 2.07 bits per heavy atom. The number of aryl methyl sites for hydroxylation is 1. The van der Waals surface area contributed by atoms with Crippen LogP contribution in [0.1, 0.15) is 26.3 Å². The third-order valence-electron chi connectivity index (χ3n) is 4.05. The maximum absolute atomic E-state index is 12.3. The topological polar surface area (TPSA) is 70.2 Å². The molecule has 0 bridgehead atoms. The minimum Gasteiger partial charge on any atom is -0.298 e. The Morgan fingerprint density at radius 2 is 1.39 bits per heavy atom. The second-order valence-corrected chi connectivity index (χ2v) is 6.58. The van der Waals surface area contributed by atoms with Gasteiger partial charge in [-0.15, -0.1) is 0 Å². The fraction of sp³-hybridized carbons (Fsp3) is 0.0455. The summed E-state index contributed by atoms with van der Waals surface area (Å²) in [5, 5.41) is 2.54. The van der Waals surface area contributed by atoms with Gasteiger partial charge in [-0.2, -0.15) is 0 Å². The molecule has 0 aliphatic rings. The molecule has 0 saturated heterocycles. The van der Waals surface area contributed by atoms with Gasteiger partial charge in [-0.3, -0.25) is 25.8 Å². The van der Waals surface area contributed by atoms with E-state index in [1.165, 1.54) is 0 Å². The summed E-state index contributed by atoms with van der Waals surface area (Å²) in [4.78, 5) is 24.4. The van der Waals surface area contributed by atoms with Gasteiger partial charge in [-0.25, -0.2) is 0 Å². The van der Waals surface area contributed by atoms with Crippen LogP contribution in [-0.2, 0) is 0 Å². The summed E-state index contributed by atoms with van der Waals surface area (Å²) in [7, 11) is 0. The molecule has 0 atom stereocenters. The summed E-state index contributed by atoms with van der Waals surface area (Å²) in [6.07, 6.45) is 0. The third kappa shape index (κ3) is 5.02. The fourth-order valence-corrected chi connectivity index (χ4v) is 2.77. The first-order valence-electron chi connectivity index (χ1n) is 8.67. The van der Waals surface area contributed by atoms with Crippen LogP contribution in [0.3, 0.4) is 0 Å². The Kier molecular flexibility index (Phi) is 6.14. The molecule has 3 rings (SSSR count).